The highest BCUT2D eigenvalue weighted by Crippen LogP contribution is 2.20. The minimum Gasteiger partial charge on any atom is -0.480 e. The average Bonchev–Trinajstić information content (AvgIpc) is 3.28. The standard InChI is InChI=1S/C30H38N4O6/c1-18(2)25(28(37)38)34-27(36)24(16-20-17-31-22-14-10-9-13-21(20)22)32-26(35)23(15-19-11-7-6-8-12-19)33-29(39)40-30(3,4)5/h6-14,17-18,23-25,31H,15-16H2,1-5H3,(H,32,35)(H,33,39)(H,34,36)(H,37,38)/t23-,24-,25-/m0/s1. The van der Waals surface area contributed by atoms with E-state index in [2.05, 4.69) is 20.9 Å². The van der Waals surface area contributed by atoms with E-state index in [0.717, 1.165) is 22.0 Å². The van der Waals surface area contributed by atoms with Gasteiger partial charge in [0.25, 0.3) is 0 Å². The van der Waals surface area contributed by atoms with E-state index in [4.69, 9.17) is 4.74 Å². The van der Waals surface area contributed by atoms with Gasteiger partial charge in [-0.1, -0.05) is 62.4 Å². The monoisotopic (exact) mass is 550 g/mol. The summed E-state index contributed by atoms with van der Waals surface area (Å²) >= 11 is 0. The van der Waals surface area contributed by atoms with Gasteiger partial charge in [0.1, 0.15) is 23.7 Å². The Hall–Kier alpha value is -4.34. The minimum atomic E-state index is -1.17. The summed E-state index contributed by atoms with van der Waals surface area (Å²) in [5, 5.41) is 18.5. The molecule has 1 aromatic heterocycles. The number of carbonyl (C=O) groups excluding carboxylic acids is 3. The van der Waals surface area contributed by atoms with Crippen molar-refractivity contribution in [2.24, 2.45) is 5.92 Å². The molecule has 40 heavy (non-hydrogen) atoms. The molecule has 3 rings (SSSR count). The van der Waals surface area contributed by atoms with Crippen molar-refractivity contribution in [2.45, 2.75) is 71.2 Å². The molecule has 0 saturated carbocycles. The molecule has 1 heterocycles. The molecule has 0 radical (unpaired) electrons. The molecule has 3 atom stereocenters. The Bertz CT molecular complexity index is 1330. The van der Waals surface area contributed by atoms with Crippen LogP contribution in [0.2, 0.25) is 0 Å². The number of fused-ring (bicyclic) bond motifs is 1. The summed E-state index contributed by atoms with van der Waals surface area (Å²) in [6, 6.07) is 13.4. The molecular weight excluding hydrogens is 512 g/mol. The summed E-state index contributed by atoms with van der Waals surface area (Å²) < 4.78 is 5.37. The maximum atomic E-state index is 13.6. The largest absolute Gasteiger partial charge is 0.480 e. The van der Waals surface area contributed by atoms with E-state index >= 15 is 0 Å². The molecule has 10 nitrogen and oxygen atoms in total. The zero-order valence-electron chi connectivity index (χ0n) is 23.5. The number of carbonyl (C=O) groups is 4. The zero-order chi connectivity index (χ0) is 29.4. The van der Waals surface area contributed by atoms with Crippen molar-refractivity contribution in [3.05, 3.63) is 71.9 Å². The first-order valence-corrected chi connectivity index (χ1v) is 13.3. The van der Waals surface area contributed by atoms with Crippen molar-refractivity contribution in [1.82, 2.24) is 20.9 Å². The molecule has 10 heteroatoms. The third kappa shape index (κ3) is 8.59. The van der Waals surface area contributed by atoms with Crippen molar-refractivity contribution < 1.29 is 29.0 Å². The average molecular weight is 551 g/mol. The highest BCUT2D eigenvalue weighted by atomic mass is 16.6. The number of hydrogen-bond donors (Lipinski definition) is 5. The fourth-order valence-electron chi connectivity index (χ4n) is 4.28. The fourth-order valence-corrected chi connectivity index (χ4v) is 4.28. The lowest BCUT2D eigenvalue weighted by Gasteiger charge is -2.26. The predicted octanol–water partition coefficient (Wildman–Crippen LogP) is 3.56. The number of aliphatic carboxylic acids is 1. The molecular formula is C30H38N4O6. The molecule has 0 saturated heterocycles. The van der Waals surface area contributed by atoms with E-state index in [1.807, 2.05) is 54.6 Å². The number of nitrogens with one attached hydrogen (secondary N) is 4. The van der Waals surface area contributed by atoms with Crippen LogP contribution in [0.4, 0.5) is 4.79 Å². The fraction of sp³-hybridized carbons (Fsp3) is 0.400. The smallest absolute Gasteiger partial charge is 0.408 e. The van der Waals surface area contributed by atoms with E-state index < -0.39 is 47.6 Å². The van der Waals surface area contributed by atoms with E-state index in [0.29, 0.717) is 0 Å². The lowest BCUT2D eigenvalue weighted by molar-refractivity contribution is -0.143. The lowest BCUT2D eigenvalue weighted by atomic mass is 10.0. The number of carboxylic acids is 1. The number of aromatic amines is 1. The van der Waals surface area contributed by atoms with Crippen LogP contribution in [0.15, 0.2) is 60.8 Å². The summed E-state index contributed by atoms with van der Waals surface area (Å²) in [6.07, 6.45) is 1.23. The quantitative estimate of drug-likeness (QED) is 0.246. The highest BCUT2D eigenvalue weighted by molar-refractivity contribution is 5.94. The normalized spacial score (nSPS) is 13.8. The van der Waals surface area contributed by atoms with E-state index in [9.17, 15) is 24.3 Å². The van der Waals surface area contributed by atoms with Crippen molar-refractivity contribution in [3.8, 4) is 0 Å². The highest BCUT2D eigenvalue weighted by Gasteiger charge is 2.32. The Morgan fingerprint density at radius 1 is 0.850 bits per heavy atom. The number of H-pyrrole nitrogens is 1. The SMILES string of the molecule is CC(C)[C@H](NC(=O)[C@H](Cc1c[nH]c2ccccc12)NC(=O)[C@H](Cc1ccccc1)NC(=O)OC(C)(C)C)C(=O)O. The second-order valence-electron chi connectivity index (χ2n) is 11.1. The Morgan fingerprint density at radius 2 is 1.45 bits per heavy atom. The number of alkyl carbamates (subject to hydrolysis) is 1. The van der Waals surface area contributed by atoms with Gasteiger partial charge in [-0.15, -0.1) is 0 Å². The Balaban J connectivity index is 1.89. The van der Waals surface area contributed by atoms with Crippen LogP contribution in [0.5, 0.6) is 0 Å². The first kappa shape index (κ1) is 30.2. The topological polar surface area (TPSA) is 150 Å². The molecule has 0 aliphatic carbocycles. The van der Waals surface area contributed by atoms with Crippen LogP contribution in [0.3, 0.4) is 0 Å². The molecule has 2 aromatic carbocycles. The van der Waals surface area contributed by atoms with Crippen LogP contribution in [0.25, 0.3) is 10.9 Å². The molecule has 0 spiro atoms. The van der Waals surface area contributed by atoms with Crippen molar-refractivity contribution in [2.75, 3.05) is 0 Å². The number of carboxylic acid groups (broad SMARTS) is 1. The van der Waals surface area contributed by atoms with Crippen molar-refractivity contribution >= 4 is 34.8 Å². The Kier molecular flexibility index (Phi) is 9.93. The van der Waals surface area contributed by atoms with Crippen molar-refractivity contribution in [1.29, 1.82) is 0 Å². The van der Waals surface area contributed by atoms with Crippen molar-refractivity contribution in [3.63, 3.8) is 0 Å². The van der Waals surface area contributed by atoms with Gasteiger partial charge >= 0.3 is 12.1 Å². The molecule has 0 aliphatic rings. The summed E-state index contributed by atoms with van der Waals surface area (Å²) in [5.74, 6) is -2.80. The van der Waals surface area contributed by atoms with Crippen LogP contribution in [-0.2, 0) is 32.0 Å². The van der Waals surface area contributed by atoms with Gasteiger partial charge in [-0.25, -0.2) is 9.59 Å². The maximum absolute atomic E-state index is 13.6. The van der Waals surface area contributed by atoms with Gasteiger partial charge in [-0.3, -0.25) is 9.59 Å². The molecule has 0 unspecified atom stereocenters. The number of aromatic nitrogens is 1. The van der Waals surface area contributed by atoms with Crippen LogP contribution >= 0.6 is 0 Å². The molecule has 214 valence electrons. The number of para-hydroxylation sites is 1. The molecule has 0 fully saturated rings. The van der Waals surface area contributed by atoms with Crippen LogP contribution in [0.1, 0.15) is 45.7 Å². The van der Waals surface area contributed by atoms with Crippen LogP contribution < -0.4 is 16.0 Å². The van der Waals surface area contributed by atoms with Gasteiger partial charge in [0.2, 0.25) is 11.8 Å². The second kappa shape index (κ2) is 13.1. The van der Waals surface area contributed by atoms with E-state index in [1.54, 1.807) is 40.8 Å². The Morgan fingerprint density at radius 3 is 2.08 bits per heavy atom. The molecule has 0 aliphatic heterocycles. The lowest BCUT2D eigenvalue weighted by Crippen LogP contribution is -2.57. The van der Waals surface area contributed by atoms with Gasteiger partial charge in [0.15, 0.2) is 0 Å². The van der Waals surface area contributed by atoms with Gasteiger partial charge in [0, 0.05) is 29.9 Å². The van der Waals surface area contributed by atoms with Crippen LogP contribution in [-0.4, -0.2) is 57.7 Å². The van der Waals surface area contributed by atoms with E-state index in [-0.39, 0.29) is 18.8 Å². The molecule has 3 amide bonds. The summed E-state index contributed by atoms with van der Waals surface area (Å²) in [5.41, 5.74) is 1.65. The molecule has 0 bridgehead atoms. The third-order valence-corrected chi connectivity index (χ3v) is 6.25. The summed E-state index contributed by atoms with van der Waals surface area (Å²) in [7, 11) is 0. The maximum Gasteiger partial charge on any atom is 0.408 e. The minimum absolute atomic E-state index is 0.0938. The number of hydrogen-bond acceptors (Lipinski definition) is 5. The van der Waals surface area contributed by atoms with Gasteiger partial charge in [-0.2, -0.15) is 0 Å². The summed E-state index contributed by atoms with van der Waals surface area (Å²) in [4.78, 5) is 54.6. The van der Waals surface area contributed by atoms with Gasteiger partial charge < -0.3 is 30.8 Å². The molecule has 3 aromatic rings. The predicted molar refractivity (Wildman–Crippen MR) is 152 cm³/mol. The summed E-state index contributed by atoms with van der Waals surface area (Å²) in [6.45, 7) is 8.52. The van der Waals surface area contributed by atoms with Gasteiger partial charge in [0.05, 0.1) is 0 Å². The van der Waals surface area contributed by atoms with Crippen LogP contribution in [0, 0.1) is 5.92 Å². The number of rotatable bonds is 11. The number of amides is 3. The number of ether oxygens (including phenoxy) is 1. The first-order chi connectivity index (χ1) is 18.8. The number of benzene rings is 2. The zero-order valence-corrected chi connectivity index (χ0v) is 23.5. The first-order valence-electron chi connectivity index (χ1n) is 13.3. The molecule has 5 N–H and O–H groups in total. The second-order valence-corrected chi connectivity index (χ2v) is 11.1. The van der Waals surface area contributed by atoms with E-state index in [1.165, 1.54) is 0 Å². The Labute approximate surface area is 233 Å². The third-order valence-electron chi connectivity index (χ3n) is 6.25. The van der Waals surface area contributed by atoms with Gasteiger partial charge in [-0.05, 0) is 43.9 Å².